The number of hydrogen-bond donors (Lipinski definition) is 2. The van der Waals surface area contributed by atoms with E-state index in [1.165, 1.54) is 32.4 Å². The molecular weight excluding hydrogens is 360 g/mol. The van der Waals surface area contributed by atoms with E-state index in [0.29, 0.717) is 27.7 Å². The molecule has 0 unspecified atom stereocenters. The van der Waals surface area contributed by atoms with E-state index in [2.05, 4.69) is 15.4 Å². The molecule has 2 rings (SSSR count). The molecule has 0 radical (unpaired) electrons. The minimum atomic E-state index is -0.493. The van der Waals surface area contributed by atoms with Gasteiger partial charge in [-0.1, -0.05) is 11.6 Å². The highest BCUT2D eigenvalue weighted by molar-refractivity contribution is 6.32. The third kappa shape index (κ3) is 5.22. The lowest BCUT2D eigenvalue weighted by molar-refractivity contribution is -0.123. The standard InChI is InChI=1S/C18H17ClN2O5/c1-25-15-8-7-13(9-14(15)19)21-17(23)10-16(22)20-12-5-3-11(4-6-12)18(24)26-2/h3-9H,10H2,1-2H3,(H,20,22)(H,21,23). The highest BCUT2D eigenvalue weighted by Gasteiger charge is 2.12. The first-order chi connectivity index (χ1) is 12.4. The second-order valence-electron chi connectivity index (χ2n) is 5.19. The van der Waals surface area contributed by atoms with E-state index in [1.807, 2.05) is 0 Å². The zero-order valence-electron chi connectivity index (χ0n) is 14.2. The first-order valence-corrected chi connectivity index (χ1v) is 7.92. The molecule has 0 spiro atoms. The molecule has 136 valence electrons. The largest absolute Gasteiger partial charge is 0.495 e. The SMILES string of the molecule is COC(=O)c1ccc(NC(=O)CC(=O)Nc2ccc(OC)c(Cl)c2)cc1. The lowest BCUT2D eigenvalue weighted by atomic mass is 10.2. The average Bonchev–Trinajstić information content (AvgIpc) is 2.61. The quantitative estimate of drug-likeness (QED) is 0.596. The van der Waals surface area contributed by atoms with Gasteiger partial charge in [-0.2, -0.15) is 0 Å². The molecule has 8 heteroatoms. The Balaban J connectivity index is 1.89. The summed E-state index contributed by atoms with van der Waals surface area (Å²) in [7, 11) is 2.77. The van der Waals surface area contributed by atoms with Crippen molar-refractivity contribution in [3.8, 4) is 5.75 Å². The van der Waals surface area contributed by atoms with E-state index in [1.54, 1.807) is 24.3 Å². The fraction of sp³-hybridized carbons (Fsp3) is 0.167. The summed E-state index contributed by atoms with van der Waals surface area (Å²) >= 11 is 5.98. The highest BCUT2D eigenvalue weighted by atomic mass is 35.5. The molecule has 0 saturated heterocycles. The summed E-state index contributed by atoms with van der Waals surface area (Å²) in [5.74, 6) is -0.971. The molecule has 0 fully saturated rings. The first kappa shape index (κ1) is 19.3. The Morgan fingerprint density at radius 1 is 0.923 bits per heavy atom. The number of nitrogens with one attached hydrogen (secondary N) is 2. The summed E-state index contributed by atoms with van der Waals surface area (Å²) in [6, 6.07) is 10.9. The maximum Gasteiger partial charge on any atom is 0.337 e. The molecule has 0 aliphatic heterocycles. The van der Waals surface area contributed by atoms with Crippen LogP contribution >= 0.6 is 11.6 Å². The van der Waals surface area contributed by atoms with Crippen LogP contribution in [-0.4, -0.2) is 32.0 Å². The third-order valence-electron chi connectivity index (χ3n) is 3.35. The molecule has 2 N–H and O–H groups in total. The number of benzene rings is 2. The molecule has 0 saturated carbocycles. The maximum atomic E-state index is 12.0. The molecule has 0 atom stereocenters. The number of halogens is 1. The van der Waals surface area contributed by atoms with E-state index in [9.17, 15) is 14.4 Å². The summed E-state index contributed by atoms with van der Waals surface area (Å²) in [6.07, 6.45) is -0.373. The predicted molar refractivity (Wildman–Crippen MR) is 97.7 cm³/mol. The van der Waals surface area contributed by atoms with E-state index in [4.69, 9.17) is 16.3 Å². The van der Waals surface area contributed by atoms with Gasteiger partial charge in [0.25, 0.3) is 0 Å². The summed E-state index contributed by atoms with van der Waals surface area (Å²) in [4.78, 5) is 35.2. The van der Waals surface area contributed by atoms with Crippen molar-refractivity contribution in [2.75, 3.05) is 24.9 Å². The van der Waals surface area contributed by atoms with Gasteiger partial charge in [0.05, 0.1) is 24.8 Å². The molecular formula is C18H17ClN2O5. The Hall–Kier alpha value is -3.06. The molecule has 2 amide bonds. The summed E-state index contributed by atoms with van der Waals surface area (Å²) in [5, 5.41) is 5.50. The fourth-order valence-corrected chi connectivity index (χ4v) is 2.37. The van der Waals surface area contributed by atoms with Crippen molar-refractivity contribution in [2.45, 2.75) is 6.42 Å². The number of carbonyl (C=O) groups is 3. The van der Waals surface area contributed by atoms with Gasteiger partial charge in [0.2, 0.25) is 11.8 Å². The van der Waals surface area contributed by atoms with Crippen molar-refractivity contribution in [1.29, 1.82) is 0 Å². The molecule has 0 heterocycles. The molecule has 2 aromatic rings. The molecule has 0 aliphatic rings. The van der Waals surface area contributed by atoms with Crippen molar-refractivity contribution in [3.63, 3.8) is 0 Å². The molecule has 26 heavy (non-hydrogen) atoms. The van der Waals surface area contributed by atoms with Crippen molar-refractivity contribution in [1.82, 2.24) is 0 Å². The van der Waals surface area contributed by atoms with Crippen molar-refractivity contribution >= 4 is 40.8 Å². The van der Waals surface area contributed by atoms with Gasteiger partial charge in [-0.25, -0.2) is 4.79 Å². The van der Waals surface area contributed by atoms with E-state index in [-0.39, 0.29) is 6.42 Å². The van der Waals surface area contributed by atoms with Crippen LogP contribution in [-0.2, 0) is 14.3 Å². The van der Waals surface area contributed by atoms with Crippen LogP contribution in [0.15, 0.2) is 42.5 Å². The highest BCUT2D eigenvalue weighted by Crippen LogP contribution is 2.27. The number of anilines is 2. The van der Waals surface area contributed by atoms with Crippen molar-refractivity contribution in [3.05, 3.63) is 53.1 Å². The number of ether oxygens (including phenoxy) is 2. The minimum absolute atomic E-state index is 0.348. The van der Waals surface area contributed by atoms with Gasteiger partial charge in [-0.15, -0.1) is 0 Å². The van der Waals surface area contributed by atoms with E-state index < -0.39 is 17.8 Å². The van der Waals surface area contributed by atoms with Crippen LogP contribution in [0.5, 0.6) is 5.75 Å². The van der Waals surface area contributed by atoms with Crippen LogP contribution in [0, 0.1) is 0 Å². The molecule has 0 aromatic heterocycles. The monoisotopic (exact) mass is 376 g/mol. The fourth-order valence-electron chi connectivity index (χ4n) is 2.11. The summed E-state index contributed by atoms with van der Waals surface area (Å²) < 4.78 is 9.62. The predicted octanol–water partition coefficient (Wildman–Crippen LogP) is 3.10. The number of hydrogen-bond acceptors (Lipinski definition) is 5. The van der Waals surface area contributed by atoms with Gasteiger partial charge in [0.1, 0.15) is 12.2 Å². The van der Waals surface area contributed by atoms with Crippen molar-refractivity contribution in [2.24, 2.45) is 0 Å². The number of carbonyl (C=O) groups excluding carboxylic acids is 3. The molecule has 2 aromatic carbocycles. The second-order valence-corrected chi connectivity index (χ2v) is 5.60. The Morgan fingerprint density at radius 3 is 2.04 bits per heavy atom. The van der Waals surface area contributed by atoms with Crippen LogP contribution in [0.3, 0.4) is 0 Å². The van der Waals surface area contributed by atoms with Crippen LogP contribution < -0.4 is 15.4 Å². The number of amides is 2. The van der Waals surface area contributed by atoms with Crippen LogP contribution in [0.2, 0.25) is 5.02 Å². The first-order valence-electron chi connectivity index (χ1n) is 7.54. The molecule has 0 aliphatic carbocycles. The average molecular weight is 377 g/mol. The summed E-state index contributed by atoms with van der Waals surface area (Å²) in [6.45, 7) is 0. The zero-order chi connectivity index (χ0) is 19.1. The number of esters is 1. The van der Waals surface area contributed by atoms with Crippen LogP contribution in [0.4, 0.5) is 11.4 Å². The third-order valence-corrected chi connectivity index (χ3v) is 3.64. The van der Waals surface area contributed by atoms with Gasteiger partial charge in [-0.3, -0.25) is 9.59 Å². The Bertz CT molecular complexity index is 821. The van der Waals surface area contributed by atoms with Gasteiger partial charge >= 0.3 is 5.97 Å². The lowest BCUT2D eigenvalue weighted by Crippen LogP contribution is -2.21. The van der Waals surface area contributed by atoms with Gasteiger partial charge in [-0.05, 0) is 42.5 Å². The lowest BCUT2D eigenvalue weighted by Gasteiger charge is -2.09. The van der Waals surface area contributed by atoms with Crippen LogP contribution in [0.1, 0.15) is 16.8 Å². The van der Waals surface area contributed by atoms with Crippen LogP contribution in [0.25, 0.3) is 0 Å². The topological polar surface area (TPSA) is 93.7 Å². The maximum absolute atomic E-state index is 12.0. The number of methoxy groups -OCH3 is 2. The van der Waals surface area contributed by atoms with Gasteiger partial charge < -0.3 is 20.1 Å². The Kier molecular flexibility index (Phi) is 6.57. The van der Waals surface area contributed by atoms with Gasteiger partial charge in [0, 0.05) is 11.4 Å². The smallest absolute Gasteiger partial charge is 0.337 e. The Labute approximate surface area is 155 Å². The minimum Gasteiger partial charge on any atom is -0.495 e. The van der Waals surface area contributed by atoms with Crippen molar-refractivity contribution < 1.29 is 23.9 Å². The van der Waals surface area contributed by atoms with E-state index in [0.717, 1.165) is 0 Å². The molecule has 7 nitrogen and oxygen atoms in total. The Morgan fingerprint density at radius 2 is 1.50 bits per heavy atom. The van der Waals surface area contributed by atoms with Gasteiger partial charge in [0.15, 0.2) is 0 Å². The number of rotatable bonds is 6. The summed E-state index contributed by atoms with van der Waals surface area (Å²) in [5.41, 5.74) is 1.28. The molecule has 0 bridgehead atoms. The van der Waals surface area contributed by atoms with E-state index >= 15 is 0 Å². The normalized spacial score (nSPS) is 9.96. The zero-order valence-corrected chi connectivity index (χ0v) is 14.9. The second kappa shape index (κ2) is 8.87.